The molecular formula is C21H25N3O6S2. The molecule has 0 bridgehead atoms. The lowest BCUT2D eigenvalue weighted by molar-refractivity contribution is -0.116. The maximum atomic E-state index is 13.2. The van der Waals surface area contributed by atoms with Crippen molar-refractivity contribution in [2.75, 3.05) is 38.2 Å². The fraction of sp³-hybridized carbons (Fsp3) is 0.381. The third-order valence-corrected chi connectivity index (χ3v) is 9.17. The van der Waals surface area contributed by atoms with Crippen molar-refractivity contribution in [3.63, 3.8) is 0 Å². The van der Waals surface area contributed by atoms with Gasteiger partial charge in [0.1, 0.15) is 0 Å². The van der Waals surface area contributed by atoms with Crippen LogP contribution in [-0.4, -0.2) is 70.2 Å². The van der Waals surface area contributed by atoms with Crippen LogP contribution in [0.3, 0.4) is 0 Å². The molecule has 2 aromatic carbocycles. The average molecular weight is 480 g/mol. The summed E-state index contributed by atoms with van der Waals surface area (Å²) in [6, 6.07) is 13.7. The second-order valence-electron chi connectivity index (χ2n) is 7.68. The molecule has 9 nitrogen and oxygen atoms in total. The van der Waals surface area contributed by atoms with E-state index in [9.17, 15) is 21.6 Å². The smallest absolute Gasteiger partial charge is 0.243 e. The molecule has 1 heterocycles. The van der Waals surface area contributed by atoms with Crippen LogP contribution in [0.5, 0.6) is 0 Å². The molecule has 172 valence electrons. The Balaban J connectivity index is 1.51. The zero-order chi connectivity index (χ0) is 22.8. The molecule has 4 rings (SSSR count). The van der Waals surface area contributed by atoms with E-state index in [1.54, 1.807) is 24.3 Å². The molecule has 1 saturated heterocycles. The van der Waals surface area contributed by atoms with Crippen molar-refractivity contribution in [2.45, 2.75) is 28.7 Å². The summed E-state index contributed by atoms with van der Waals surface area (Å²) in [6.07, 6.45) is 1.36. The summed E-state index contributed by atoms with van der Waals surface area (Å²) in [5, 5.41) is 2.70. The van der Waals surface area contributed by atoms with Crippen LogP contribution in [-0.2, 0) is 29.6 Å². The van der Waals surface area contributed by atoms with Crippen molar-refractivity contribution in [2.24, 2.45) is 0 Å². The van der Waals surface area contributed by atoms with Crippen molar-refractivity contribution in [3.05, 3.63) is 54.6 Å². The van der Waals surface area contributed by atoms with Gasteiger partial charge in [-0.05, 0) is 49.2 Å². The maximum Gasteiger partial charge on any atom is 0.243 e. The first-order valence-electron chi connectivity index (χ1n) is 10.3. The Morgan fingerprint density at radius 1 is 0.938 bits per heavy atom. The van der Waals surface area contributed by atoms with Crippen LogP contribution in [0.1, 0.15) is 12.8 Å². The van der Waals surface area contributed by atoms with Crippen molar-refractivity contribution in [1.82, 2.24) is 8.61 Å². The molecule has 0 atom stereocenters. The Bertz CT molecular complexity index is 1160. The van der Waals surface area contributed by atoms with Gasteiger partial charge in [0.05, 0.1) is 29.5 Å². The molecule has 1 aliphatic heterocycles. The zero-order valence-electron chi connectivity index (χ0n) is 17.4. The summed E-state index contributed by atoms with van der Waals surface area (Å²) in [4.78, 5) is 12.5. The molecule has 0 unspecified atom stereocenters. The number of hydrogen-bond acceptors (Lipinski definition) is 6. The van der Waals surface area contributed by atoms with Gasteiger partial charge >= 0.3 is 0 Å². The fourth-order valence-electron chi connectivity index (χ4n) is 3.49. The number of nitrogens with one attached hydrogen (secondary N) is 1. The van der Waals surface area contributed by atoms with Crippen molar-refractivity contribution < 1.29 is 26.4 Å². The lowest BCUT2D eigenvalue weighted by Gasteiger charge is -2.26. The lowest BCUT2D eigenvalue weighted by Crippen LogP contribution is -2.40. The zero-order valence-corrected chi connectivity index (χ0v) is 19.0. The van der Waals surface area contributed by atoms with Gasteiger partial charge in [-0.3, -0.25) is 4.79 Å². The Morgan fingerprint density at radius 3 is 2.12 bits per heavy atom. The highest BCUT2D eigenvalue weighted by atomic mass is 32.2. The molecule has 1 saturated carbocycles. The predicted molar refractivity (Wildman–Crippen MR) is 118 cm³/mol. The SMILES string of the molecule is O=C(CN(C1CC1)S(=O)(=O)c1ccc(S(=O)(=O)N2CCOCC2)cc1)Nc1ccccc1. The number of carbonyl (C=O) groups is 1. The summed E-state index contributed by atoms with van der Waals surface area (Å²) in [5.41, 5.74) is 0.586. The number of sulfonamides is 2. The first-order chi connectivity index (χ1) is 15.3. The molecule has 0 radical (unpaired) electrons. The Hall–Kier alpha value is -2.31. The Labute approximate surface area is 188 Å². The molecule has 1 amide bonds. The van der Waals surface area contributed by atoms with E-state index in [-0.39, 0.29) is 35.5 Å². The minimum absolute atomic E-state index is 0.0261. The third-order valence-electron chi connectivity index (χ3n) is 5.35. The van der Waals surface area contributed by atoms with E-state index in [2.05, 4.69) is 5.32 Å². The number of carbonyl (C=O) groups excluding carboxylic acids is 1. The van der Waals surface area contributed by atoms with Crippen LogP contribution in [0.15, 0.2) is 64.4 Å². The number of nitrogens with zero attached hydrogens (tertiary/aromatic N) is 2. The number of ether oxygens (including phenoxy) is 1. The number of para-hydroxylation sites is 1. The molecule has 2 fully saturated rings. The summed E-state index contributed by atoms with van der Waals surface area (Å²) < 4.78 is 59.7. The van der Waals surface area contributed by atoms with E-state index in [0.29, 0.717) is 31.7 Å². The third kappa shape index (κ3) is 5.02. The van der Waals surface area contributed by atoms with Crippen LogP contribution in [0.25, 0.3) is 0 Å². The van der Waals surface area contributed by atoms with Gasteiger partial charge in [0.2, 0.25) is 26.0 Å². The molecule has 0 spiro atoms. The molecule has 2 aromatic rings. The maximum absolute atomic E-state index is 13.2. The molecular weight excluding hydrogens is 454 g/mol. The minimum atomic E-state index is -3.97. The monoisotopic (exact) mass is 479 g/mol. The molecule has 2 aliphatic rings. The molecule has 11 heteroatoms. The van der Waals surface area contributed by atoms with Crippen LogP contribution < -0.4 is 5.32 Å². The van der Waals surface area contributed by atoms with Gasteiger partial charge in [-0.15, -0.1) is 0 Å². The van der Waals surface area contributed by atoms with E-state index in [1.807, 2.05) is 6.07 Å². The molecule has 32 heavy (non-hydrogen) atoms. The number of hydrogen-bond donors (Lipinski definition) is 1. The highest BCUT2D eigenvalue weighted by molar-refractivity contribution is 7.89. The highest BCUT2D eigenvalue weighted by Gasteiger charge is 2.39. The van der Waals surface area contributed by atoms with Gasteiger partial charge in [0, 0.05) is 24.8 Å². The van der Waals surface area contributed by atoms with E-state index < -0.39 is 26.0 Å². The van der Waals surface area contributed by atoms with Gasteiger partial charge in [-0.2, -0.15) is 8.61 Å². The topological polar surface area (TPSA) is 113 Å². The Kier molecular flexibility index (Phi) is 6.63. The lowest BCUT2D eigenvalue weighted by atomic mass is 10.3. The van der Waals surface area contributed by atoms with Crippen molar-refractivity contribution in [1.29, 1.82) is 0 Å². The van der Waals surface area contributed by atoms with Crippen molar-refractivity contribution >= 4 is 31.6 Å². The number of anilines is 1. The normalized spacial score (nSPS) is 17.9. The first-order valence-corrected chi connectivity index (χ1v) is 13.2. The summed E-state index contributed by atoms with van der Waals surface area (Å²) in [7, 11) is -7.69. The summed E-state index contributed by atoms with van der Waals surface area (Å²) >= 11 is 0. The molecule has 0 aromatic heterocycles. The number of amides is 1. The first kappa shape index (κ1) is 22.9. The second kappa shape index (κ2) is 9.28. The number of rotatable bonds is 8. The van der Waals surface area contributed by atoms with Gasteiger partial charge in [0.15, 0.2) is 0 Å². The van der Waals surface area contributed by atoms with Crippen LogP contribution >= 0.6 is 0 Å². The van der Waals surface area contributed by atoms with E-state index in [1.165, 1.54) is 32.9 Å². The summed E-state index contributed by atoms with van der Waals surface area (Å²) in [6.45, 7) is 0.860. The second-order valence-corrected chi connectivity index (χ2v) is 11.5. The van der Waals surface area contributed by atoms with Crippen molar-refractivity contribution in [3.8, 4) is 0 Å². The van der Waals surface area contributed by atoms with Gasteiger partial charge < -0.3 is 10.1 Å². The van der Waals surface area contributed by atoms with Gasteiger partial charge in [0.25, 0.3) is 0 Å². The highest BCUT2D eigenvalue weighted by Crippen LogP contribution is 2.32. The number of morpholine rings is 1. The Morgan fingerprint density at radius 2 is 1.53 bits per heavy atom. The largest absolute Gasteiger partial charge is 0.379 e. The van der Waals surface area contributed by atoms with Crippen LogP contribution in [0.4, 0.5) is 5.69 Å². The molecule has 1 aliphatic carbocycles. The average Bonchev–Trinajstić information content (AvgIpc) is 3.64. The van der Waals surface area contributed by atoms with Gasteiger partial charge in [-0.25, -0.2) is 16.8 Å². The van der Waals surface area contributed by atoms with E-state index in [0.717, 1.165) is 0 Å². The van der Waals surface area contributed by atoms with E-state index >= 15 is 0 Å². The predicted octanol–water partition coefficient (Wildman–Crippen LogP) is 1.50. The van der Waals surface area contributed by atoms with Crippen LogP contribution in [0, 0.1) is 0 Å². The van der Waals surface area contributed by atoms with Gasteiger partial charge in [-0.1, -0.05) is 18.2 Å². The van der Waals surface area contributed by atoms with E-state index in [4.69, 9.17) is 4.74 Å². The standard InChI is InChI=1S/C21H25N3O6S2/c25-21(22-17-4-2-1-3-5-17)16-24(18-6-7-18)32(28,29)20-10-8-19(9-11-20)31(26,27)23-12-14-30-15-13-23/h1-5,8-11,18H,6-7,12-16H2,(H,22,25). The quantitative estimate of drug-likeness (QED) is 0.614. The fourth-order valence-corrected chi connectivity index (χ4v) is 6.54. The summed E-state index contributed by atoms with van der Waals surface area (Å²) in [5.74, 6) is -0.432. The minimum Gasteiger partial charge on any atom is -0.379 e. The molecule has 1 N–H and O–H groups in total. The van der Waals surface area contributed by atoms with Crippen LogP contribution in [0.2, 0.25) is 0 Å². The number of benzene rings is 2.